The van der Waals surface area contributed by atoms with Crippen LogP contribution in [-0.4, -0.2) is 36.7 Å². The Kier molecular flexibility index (Phi) is 6.99. The molecule has 0 radical (unpaired) electrons. The van der Waals surface area contributed by atoms with E-state index in [4.69, 9.17) is 4.74 Å². The summed E-state index contributed by atoms with van der Waals surface area (Å²) in [6, 6.07) is 16.0. The molecule has 2 aromatic carbocycles. The van der Waals surface area contributed by atoms with Crippen molar-refractivity contribution >= 4 is 12.1 Å². The van der Waals surface area contributed by atoms with E-state index in [1.54, 1.807) is 6.21 Å². The minimum Gasteiger partial charge on any atom is -0.489 e. The van der Waals surface area contributed by atoms with Crippen molar-refractivity contribution in [3.8, 4) is 5.75 Å². The van der Waals surface area contributed by atoms with Gasteiger partial charge in [0.1, 0.15) is 12.4 Å². The van der Waals surface area contributed by atoms with Gasteiger partial charge in [-0.2, -0.15) is 5.10 Å². The van der Waals surface area contributed by atoms with E-state index in [9.17, 15) is 4.79 Å². The molecule has 5 heteroatoms. The average molecular weight is 365 g/mol. The third kappa shape index (κ3) is 6.53. The van der Waals surface area contributed by atoms with Crippen LogP contribution in [0.2, 0.25) is 0 Å². The number of aryl methyl sites for hydroxylation is 1. The molecule has 0 aromatic heterocycles. The van der Waals surface area contributed by atoms with Crippen molar-refractivity contribution in [1.82, 2.24) is 10.3 Å². The summed E-state index contributed by atoms with van der Waals surface area (Å²) < 4.78 is 5.79. The number of amides is 1. The number of ether oxygens (including phenoxy) is 1. The third-order valence-electron chi connectivity index (χ3n) is 4.62. The average Bonchev–Trinajstić information content (AvgIpc) is 2.69. The summed E-state index contributed by atoms with van der Waals surface area (Å²) in [6.07, 6.45) is 5.27. The van der Waals surface area contributed by atoms with Crippen LogP contribution in [0.15, 0.2) is 53.6 Å². The Hall–Kier alpha value is -2.66. The van der Waals surface area contributed by atoms with E-state index in [1.807, 2.05) is 24.3 Å². The second-order valence-electron chi connectivity index (χ2n) is 6.97. The fraction of sp³-hybridized carbons (Fsp3) is 0.364. The molecule has 1 amide bonds. The molecule has 5 nitrogen and oxygen atoms in total. The summed E-state index contributed by atoms with van der Waals surface area (Å²) in [5.41, 5.74) is 5.90. The Morgan fingerprint density at radius 2 is 1.78 bits per heavy atom. The minimum atomic E-state index is -0.0637. The molecular formula is C22H27N3O2. The Bertz CT molecular complexity index is 748. The van der Waals surface area contributed by atoms with Gasteiger partial charge in [-0.15, -0.1) is 0 Å². The van der Waals surface area contributed by atoms with Gasteiger partial charge in [-0.25, -0.2) is 5.43 Å². The second kappa shape index (κ2) is 9.88. The Morgan fingerprint density at radius 1 is 1.07 bits per heavy atom. The van der Waals surface area contributed by atoms with Crippen molar-refractivity contribution in [3.05, 3.63) is 65.2 Å². The maximum Gasteiger partial charge on any atom is 0.254 e. The van der Waals surface area contributed by atoms with Gasteiger partial charge in [-0.3, -0.25) is 9.69 Å². The lowest BCUT2D eigenvalue weighted by molar-refractivity contribution is -0.122. The van der Waals surface area contributed by atoms with Gasteiger partial charge >= 0.3 is 0 Å². The number of likely N-dealkylation sites (tertiary alicyclic amines) is 1. The van der Waals surface area contributed by atoms with E-state index in [2.05, 4.69) is 46.6 Å². The Morgan fingerprint density at radius 3 is 2.48 bits per heavy atom. The highest BCUT2D eigenvalue weighted by atomic mass is 16.5. The molecule has 1 aliphatic heterocycles. The van der Waals surface area contributed by atoms with Gasteiger partial charge in [0, 0.05) is 0 Å². The number of nitrogens with one attached hydrogen (secondary N) is 1. The highest BCUT2D eigenvalue weighted by molar-refractivity contribution is 5.83. The molecular weight excluding hydrogens is 338 g/mol. The van der Waals surface area contributed by atoms with Crippen molar-refractivity contribution in [1.29, 1.82) is 0 Å². The van der Waals surface area contributed by atoms with Gasteiger partial charge in [0.15, 0.2) is 0 Å². The normalized spacial score (nSPS) is 15.0. The third-order valence-corrected chi connectivity index (χ3v) is 4.62. The van der Waals surface area contributed by atoms with Crippen molar-refractivity contribution in [2.24, 2.45) is 5.10 Å². The first-order chi connectivity index (χ1) is 13.2. The molecule has 3 rings (SSSR count). The lowest BCUT2D eigenvalue weighted by Gasteiger charge is -2.25. The van der Waals surface area contributed by atoms with Gasteiger partial charge in [0.25, 0.3) is 5.91 Å². The Balaban J connectivity index is 1.42. The summed E-state index contributed by atoms with van der Waals surface area (Å²) in [5, 5.41) is 4.05. The summed E-state index contributed by atoms with van der Waals surface area (Å²) in [5.74, 6) is 0.744. The summed E-state index contributed by atoms with van der Waals surface area (Å²) in [4.78, 5) is 14.1. The number of rotatable bonds is 7. The van der Waals surface area contributed by atoms with Crippen molar-refractivity contribution < 1.29 is 9.53 Å². The number of carbonyl (C=O) groups is 1. The van der Waals surface area contributed by atoms with Gasteiger partial charge in [0.05, 0.1) is 12.8 Å². The molecule has 0 saturated carbocycles. The predicted octanol–water partition coefficient (Wildman–Crippen LogP) is 3.51. The van der Waals surface area contributed by atoms with Crippen LogP contribution in [0.25, 0.3) is 0 Å². The number of hydrazone groups is 1. The molecule has 1 fully saturated rings. The maximum atomic E-state index is 11.9. The fourth-order valence-corrected chi connectivity index (χ4v) is 3.04. The number of hydrogen-bond acceptors (Lipinski definition) is 4. The first-order valence-corrected chi connectivity index (χ1v) is 9.52. The van der Waals surface area contributed by atoms with Crippen LogP contribution >= 0.6 is 0 Å². The standard InChI is InChI=1S/C22H27N3O2/c1-18-5-7-20(8-6-18)17-27-21-11-9-19(10-12-21)15-23-24-22(26)16-25-13-3-2-4-14-25/h5-12,15H,2-4,13-14,16-17H2,1H3,(H,24,26). The lowest BCUT2D eigenvalue weighted by atomic mass is 10.1. The molecule has 0 bridgehead atoms. The maximum absolute atomic E-state index is 11.9. The van der Waals surface area contributed by atoms with Crippen LogP contribution in [0, 0.1) is 6.92 Å². The zero-order chi connectivity index (χ0) is 18.9. The van der Waals surface area contributed by atoms with Gasteiger partial charge in [-0.05, 0) is 68.2 Å². The quantitative estimate of drug-likeness (QED) is 0.603. The van der Waals surface area contributed by atoms with Gasteiger partial charge < -0.3 is 4.74 Å². The smallest absolute Gasteiger partial charge is 0.254 e. The number of nitrogens with zero attached hydrogens (tertiary/aromatic N) is 2. The molecule has 0 spiro atoms. The first-order valence-electron chi connectivity index (χ1n) is 9.52. The van der Waals surface area contributed by atoms with Crippen molar-refractivity contribution in [3.63, 3.8) is 0 Å². The number of carbonyl (C=O) groups excluding carboxylic acids is 1. The first kappa shape index (κ1) is 19.1. The van der Waals surface area contributed by atoms with Gasteiger partial charge in [-0.1, -0.05) is 36.2 Å². The van der Waals surface area contributed by atoms with Crippen LogP contribution in [0.3, 0.4) is 0 Å². The summed E-state index contributed by atoms with van der Waals surface area (Å²) in [7, 11) is 0. The van der Waals surface area contributed by atoms with Crippen LogP contribution in [0.5, 0.6) is 5.75 Å². The monoisotopic (exact) mass is 365 g/mol. The molecule has 0 atom stereocenters. The lowest BCUT2D eigenvalue weighted by Crippen LogP contribution is -2.38. The Labute approximate surface area is 161 Å². The number of piperidine rings is 1. The molecule has 1 aliphatic rings. The second-order valence-corrected chi connectivity index (χ2v) is 6.97. The van der Waals surface area contributed by atoms with Crippen LogP contribution < -0.4 is 10.2 Å². The van der Waals surface area contributed by atoms with E-state index in [0.29, 0.717) is 13.2 Å². The summed E-state index contributed by atoms with van der Waals surface area (Å²) in [6.45, 7) is 5.03. The van der Waals surface area contributed by atoms with E-state index in [0.717, 1.165) is 30.0 Å². The molecule has 0 unspecified atom stereocenters. The summed E-state index contributed by atoms with van der Waals surface area (Å²) >= 11 is 0. The molecule has 27 heavy (non-hydrogen) atoms. The molecule has 0 aliphatic carbocycles. The molecule has 142 valence electrons. The largest absolute Gasteiger partial charge is 0.489 e. The van der Waals surface area contributed by atoms with E-state index in [1.165, 1.54) is 24.8 Å². The number of hydrogen-bond donors (Lipinski definition) is 1. The molecule has 1 heterocycles. The van der Waals surface area contributed by atoms with E-state index < -0.39 is 0 Å². The number of benzene rings is 2. The highest BCUT2D eigenvalue weighted by Crippen LogP contribution is 2.14. The van der Waals surface area contributed by atoms with E-state index >= 15 is 0 Å². The van der Waals surface area contributed by atoms with Crippen molar-refractivity contribution in [2.45, 2.75) is 32.8 Å². The zero-order valence-corrected chi connectivity index (χ0v) is 15.9. The fourth-order valence-electron chi connectivity index (χ4n) is 3.04. The highest BCUT2D eigenvalue weighted by Gasteiger charge is 2.13. The van der Waals surface area contributed by atoms with Crippen LogP contribution in [-0.2, 0) is 11.4 Å². The van der Waals surface area contributed by atoms with Crippen LogP contribution in [0.4, 0.5) is 0 Å². The minimum absolute atomic E-state index is 0.0637. The van der Waals surface area contributed by atoms with E-state index in [-0.39, 0.29) is 5.91 Å². The van der Waals surface area contributed by atoms with Crippen molar-refractivity contribution in [2.75, 3.05) is 19.6 Å². The SMILES string of the molecule is Cc1ccc(COc2ccc(C=NNC(=O)CN3CCCCC3)cc2)cc1. The predicted molar refractivity (Wildman–Crippen MR) is 108 cm³/mol. The molecule has 1 N–H and O–H groups in total. The topological polar surface area (TPSA) is 53.9 Å². The van der Waals surface area contributed by atoms with Crippen LogP contribution in [0.1, 0.15) is 36.0 Å². The molecule has 2 aromatic rings. The van der Waals surface area contributed by atoms with Gasteiger partial charge in [0.2, 0.25) is 0 Å². The molecule has 1 saturated heterocycles. The zero-order valence-electron chi connectivity index (χ0n) is 15.9.